The Hall–Kier alpha value is -1.89. The van der Waals surface area contributed by atoms with Crippen molar-refractivity contribution in [1.82, 2.24) is 15.0 Å². The van der Waals surface area contributed by atoms with Crippen LogP contribution in [0.5, 0.6) is 0 Å². The minimum Gasteiger partial charge on any atom is -0.352 e. The average Bonchev–Trinajstić information content (AvgIpc) is 3.31. The van der Waals surface area contributed by atoms with Crippen LogP contribution in [0.2, 0.25) is 0 Å². The monoisotopic (exact) mass is 347 g/mol. The van der Waals surface area contributed by atoms with E-state index in [0.29, 0.717) is 11.7 Å². The first-order valence-electron chi connectivity index (χ1n) is 8.51. The number of thiophene rings is 1. The Balaban J connectivity index is 1.43. The summed E-state index contributed by atoms with van der Waals surface area (Å²) in [6, 6.07) is 3.88. The largest absolute Gasteiger partial charge is 0.442 e. The summed E-state index contributed by atoms with van der Waals surface area (Å²) in [6.07, 6.45) is 5.18. The zero-order chi connectivity index (χ0) is 16.7. The molecular weight excluding hydrogens is 326 g/mol. The molecular formula is C17H21N3O3S. The van der Waals surface area contributed by atoms with Crippen LogP contribution in [0.3, 0.4) is 0 Å². The van der Waals surface area contributed by atoms with E-state index in [4.69, 9.17) is 4.52 Å². The molecule has 1 amide bonds. The second-order valence-corrected chi connectivity index (χ2v) is 7.98. The van der Waals surface area contributed by atoms with Crippen molar-refractivity contribution in [1.29, 1.82) is 0 Å². The van der Waals surface area contributed by atoms with E-state index in [9.17, 15) is 9.59 Å². The minimum atomic E-state index is -0.596. The van der Waals surface area contributed by atoms with E-state index in [1.54, 1.807) is 0 Å². The van der Waals surface area contributed by atoms with Crippen molar-refractivity contribution in [2.75, 3.05) is 0 Å². The highest BCUT2D eigenvalue weighted by Gasteiger charge is 2.42. The van der Waals surface area contributed by atoms with Crippen LogP contribution in [-0.4, -0.2) is 21.7 Å². The molecule has 0 spiro atoms. The molecule has 2 heterocycles. The van der Waals surface area contributed by atoms with Crippen molar-refractivity contribution in [3.63, 3.8) is 0 Å². The minimum absolute atomic E-state index is 0.0548. The number of nitrogens with one attached hydrogen (secondary N) is 1. The van der Waals surface area contributed by atoms with E-state index in [1.165, 1.54) is 41.6 Å². The third-order valence-corrected chi connectivity index (χ3v) is 6.42. The normalized spacial score (nSPS) is 26.6. The summed E-state index contributed by atoms with van der Waals surface area (Å²) >= 11 is 1.46. The van der Waals surface area contributed by atoms with Gasteiger partial charge in [0.1, 0.15) is 6.54 Å². The Morgan fingerprint density at radius 3 is 3.04 bits per heavy atom. The van der Waals surface area contributed by atoms with Crippen molar-refractivity contribution in [2.24, 2.45) is 17.8 Å². The van der Waals surface area contributed by atoms with Gasteiger partial charge in [-0.1, -0.05) is 17.6 Å². The van der Waals surface area contributed by atoms with Gasteiger partial charge in [0.05, 0.1) is 4.88 Å². The summed E-state index contributed by atoms with van der Waals surface area (Å²) in [7, 11) is 0. The molecule has 2 aromatic heterocycles. The fourth-order valence-electron chi connectivity index (χ4n) is 4.45. The van der Waals surface area contributed by atoms with Gasteiger partial charge < -0.3 is 5.32 Å². The van der Waals surface area contributed by atoms with Crippen LogP contribution in [0.15, 0.2) is 26.8 Å². The topological polar surface area (TPSA) is 77.1 Å². The molecule has 2 bridgehead atoms. The van der Waals surface area contributed by atoms with Crippen LogP contribution in [0.1, 0.15) is 32.6 Å². The highest BCUT2D eigenvalue weighted by molar-refractivity contribution is 7.13. The number of carbonyl (C=O) groups is 1. The maximum Gasteiger partial charge on any atom is 0.442 e. The highest BCUT2D eigenvalue weighted by atomic mass is 32.1. The number of aromatic nitrogens is 2. The summed E-state index contributed by atoms with van der Waals surface area (Å²) in [5, 5.41) is 8.78. The van der Waals surface area contributed by atoms with Crippen LogP contribution in [0.4, 0.5) is 0 Å². The highest BCUT2D eigenvalue weighted by Crippen LogP contribution is 2.49. The molecule has 128 valence electrons. The SMILES string of the molecule is C[C@H](NC(=O)Cn1c(-c2cccs2)noc1=O)[C@H]1C[C@H]2CC[C@H]1C2. The third-order valence-electron chi connectivity index (χ3n) is 5.55. The van der Waals surface area contributed by atoms with Gasteiger partial charge in [-0.3, -0.25) is 9.32 Å². The number of hydrogen-bond acceptors (Lipinski definition) is 5. The van der Waals surface area contributed by atoms with Gasteiger partial charge in [0, 0.05) is 6.04 Å². The van der Waals surface area contributed by atoms with Crippen LogP contribution >= 0.6 is 11.3 Å². The molecule has 0 radical (unpaired) electrons. The number of fused-ring (bicyclic) bond motifs is 2. The molecule has 6 nitrogen and oxygen atoms in total. The lowest BCUT2D eigenvalue weighted by atomic mass is 9.84. The fourth-order valence-corrected chi connectivity index (χ4v) is 5.16. The first-order valence-corrected chi connectivity index (χ1v) is 9.39. The molecule has 2 fully saturated rings. The Bertz CT molecular complexity index is 779. The molecule has 1 N–H and O–H groups in total. The predicted molar refractivity (Wildman–Crippen MR) is 90.6 cm³/mol. The molecule has 24 heavy (non-hydrogen) atoms. The number of nitrogens with zero attached hydrogens (tertiary/aromatic N) is 2. The summed E-state index contributed by atoms with van der Waals surface area (Å²) in [5.74, 6) is 1.84. The van der Waals surface area contributed by atoms with E-state index in [0.717, 1.165) is 16.7 Å². The van der Waals surface area contributed by atoms with Crippen molar-refractivity contribution in [3.05, 3.63) is 28.1 Å². The van der Waals surface area contributed by atoms with Gasteiger partial charge in [0.15, 0.2) is 5.82 Å². The van der Waals surface area contributed by atoms with Gasteiger partial charge in [-0.2, -0.15) is 0 Å². The predicted octanol–water partition coefficient (Wildman–Crippen LogP) is 2.51. The third kappa shape index (κ3) is 2.81. The molecule has 4 atom stereocenters. The molecule has 2 aromatic rings. The van der Waals surface area contributed by atoms with Crippen LogP contribution in [0.25, 0.3) is 10.7 Å². The lowest BCUT2D eigenvalue weighted by molar-refractivity contribution is -0.122. The Morgan fingerprint density at radius 1 is 1.50 bits per heavy atom. The maximum atomic E-state index is 12.4. The molecule has 0 aromatic carbocycles. The molecule has 0 unspecified atom stereocenters. The van der Waals surface area contributed by atoms with Crippen molar-refractivity contribution < 1.29 is 9.32 Å². The van der Waals surface area contributed by atoms with Crippen molar-refractivity contribution >= 4 is 17.2 Å². The van der Waals surface area contributed by atoms with Gasteiger partial charge in [0.2, 0.25) is 5.91 Å². The number of amides is 1. The standard InChI is InChI=1S/C17H21N3O3S/c1-10(13-8-11-4-5-12(13)7-11)18-15(21)9-20-16(19-23-17(20)22)14-3-2-6-24-14/h2-3,6,10-13H,4-5,7-9H2,1H3,(H,18,21)/t10-,11-,12-,13+/m0/s1. The number of carbonyl (C=O) groups excluding carboxylic acids is 1. The van der Waals surface area contributed by atoms with Gasteiger partial charge in [-0.25, -0.2) is 9.36 Å². The van der Waals surface area contributed by atoms with E-state index in [1.807, 2.05) is 17.5 Å². The lowest BCUT2D eigenvalue weighted by Gasteiger charge is -2.28. The molecule has 7 heteroatoms. The summed E-state index contributed by atoms with van der Waals surface area (Å²) in [5.41, 5.74) is 0. The lowest BCUT2D eigenvalue weighted by Crippen LogP contribution is -2.42. The molecule has 0 saturated heterocycles. The van der Waals surface area contributed by atoms with Gasteiger partial charge in [-0.05, 0) is 55.4 Å². The summed E-state index contributed by atoms with van der Waals surface area (Å²) in [4.78, 5) is 25.1. The summed E-state index contributed by atoms with van der Waals surface area (Å²) in [6.45, 7) is 2.03. The zero-order valence-corrected chi connectivity index (χ0v) is 14.4. The second-order valence-electron chi connectivity index (χ2n) is 7.03. The molecule has 2 aliphatic carbocycles. The Morgan fingerprint density at radius 2 is 2.38 bits per heavy atom. The second kappa shape index (κ2) is 6.20. The summed E-state index contributed by atoms with van der Waals surface area (Å²) < 4.78 is 6.05. The fraction of sp³-hybridized carbons (Fsp3) is 0.588. The van der Waals surface area contributed by atoms with Gasteiger partial charge >= 0.3 is 5.76 Å². The van der Waals surface area contributed by atoms with Crippen molar-refractivity contribution in [2.45, 2.75) is 45.2 Å². The van der Waals surface area contributed by atoms with Gasteiger partial charge in [0.25, 0.3) is 0 Å². The Labute approximate surface area is 143 Å². The van der Waals surface area contributed by atoms with Crippen LogP contribution in [-0.2, 0) is 11.3 Å². The van der Waals surface area contributed by atoms with Crippen LogP contribution in [0, 0.1) is 17.8 Å². The maximum absolute atomic E-state index is 12.4. The Kier molecular flexibility index (Phi) is 4.04. The molecule has 4 rings (SSSR count). The first-order chi connectivity index (χ1) is 11.6. The quantitative estimate of drug-likeness (QED) is 0.901. The average molecular weight is 347 g/mol. The van der Waals surface area contributed by atoms with Gasteiger partial charge in [-0.15, -0.1) is 11.3 Å². The van der Waals surface area contributed by atoms with E-state index in [-0.39, 0.29) is 18.5 Å². The number of rotatable bonds is 5. The van der Waals surface area contributed by atoms with E-state index >= 15 is 0 Å². The first kappa shape index (κ1) is 15.6. The van der Waals surface area contributed by atoms with E-state index < -0.39 is 5.76 Å². The molecule has 2 aliphatic rings. The van der Waals surface area contributed by atoms with Crippen LogP contribution < -0.4 is 11.1 Å². The van der Waals surface area contributed by atoms with E-state index in [2.05, 4.69) is 17.4 Å². The van der Waals surface area contributed by atoms with Crippen molar-refractivity contribution in [3.8, 4) is 10.7 Å². The number of hydrogen-bond donors (Lipinski definition) is 1. The zero-order valence-electron chi connectivity index (χ0n) is 13.6. The molecule has 0 aliphatic heterocycles. The smallest absolute Gasteiger partial charge is 0.352 e. The molecule has 2 saturated carbocycles.